The summed E-state index contributed by atoms with van der Waals surface area (Å²) in [5.74, 6) is 2.60. The summed E-state index contributed by atoms with van der Waals surface area (Å²) in [6.45, 7) is 8.71. The number of hydrogen-bond donors (Lipinski definition) is 0. The second kappa shape index (κ2) is 7.05. The first-order chi connectivity index (χ1) is 7.77. The third-order valence-corrected chi connectivity index (χ3v) is 4.45. The fourth-order valence-electron chi connectivity index (χ4n) is 2.47. The zero-order chi connectivity index (χ0) is 12.0. The third kappa shape index (κ3) is 3.58. The van der Waals surface area contributed by atoms with Crippen LogP contribution in [0.2, 0.25) is 0 Å². The van der Waals surface area contributed by atoms with Gasteiger partial charge in [-0.15, -0.1) is 11.3 Å². The summed E-state index contributed by atoms with van der Waals surface area (Å²) < 4.78 is 0. The SMILES string of the molecule is CC.CC(C)C1CCC(c2nccs2)CC1. The van der Waals surface area contributed by atoms with Crippen LogP contribution in [-0.2, 0) is 0 Å². The van der Waals surface area contributed by atoms with Crippen LogP contribution in [-0.4, -0.2) is 4.98 Å². The topological polar surface area (TPSA) is 12.9 Å². The standard InChI is InChI=1S/C12H19NS.C2H6/c1-9(2)10-3-5-11(6-4-10)12-13-7-8-14-12;1-2/h7-11H,3-6H2,1-2H3;1-2H3. The second-order valence-corrected chi connectivity index (χ2v) is 5.65. The predicted octanol–water partition coefficient (Wildman–Crippen LogP) is 5.10. The van der Waals surface area contributed by atoms with Crippen molar-refractivity contribution in [2.24, 2.45) is 11.8 Å². The molecule has 0 radical (unpaired) electrons. The average molecular weight is 239 g/mol. The van der Waals surface area contributed by atoms with Crippen LogP contribution in [0.3, 0.4) is 0 Å². The van der Waals surface area contributed by atoms with Crippen molar-refractivity contribution >= 4 is 11.3 Å². The summed E-state index contributed by atoms with van der Waals surface area (Å²) in [5.41, 5.74) is 0. The zero-order valence-electron chi connectivity index (χ0n) is 11.1. The van der Waals surface area contributed by atoms with Gasteiger partial charge in [0.05, 0.1) is 5.01 Å². The van der Waals surface area contributed by atoms with Crippen molar-refractivity contribution in [1.29, 1.82) is 0 Å². The first-order valence-electron chi connectivity index (χ1n) is 6.66. The van der Waals surface area contributed by atoms with Crippen LogP contribution in [0.15, 0.2) is 11.6 Å². The van der Waals surface area contributed by atoms with Gasteiger partial charge in [0.25, 0.3) is 0 Å². The number of hydrogen-bond acceptors (Lipinski definition) is 2. The van der Waals surface area contributed by atoms with E-state index in [4.69, 9.17) is 0 Å². The Kier molecular flexibility index (Phi) is 6.04. The van der Waals surface area contributed by atoms with Gasteiger partial charge in [0.15, 0.2) is 0 Å². The number of rotatable bonds is 2. The molecule has 1 nitrogen and oxygen atoms in total. The van der Waals surface area contributed by atoms with E-state index in [9.17, 15) is 0 Å². The molecule has 1 aromatic rings. The molecule has 0 aromatic carbocycles. The molecule has 0 aliphatic heterocycles. The highest BCUT2D eigenvalue weighted by Gasteiger charge is 2.25. The van der Waals surface area contributed by atoms with Gasteiger partial charge in [0.2, 0.25) is 0 Å². The second-order valence-electron chi connectivity index (χ2n) is 4.73. The molecule has 1 aromatic heterocycles. The molecule has 0 N–H and O–H groups in total. The molecule has 0 atom stereocenters. The average Bonchev–Trinajstić information content (AvgIpc) is 2.85. The van der Waals surface area contributed by atoms with Gasteiger partial charge in [-0.2, -0.15) is 0 Å². The van der Waals surface area contributed by atoms with Crippen LogP contribution < -0.4 is 0 Å². The monoisotopic (exact) mass is 239 g/mol. The van der Waals surface area contributed by atoms with Gasteiger partial charge in [0.1, 0.15) is 0 Å². The zero-order valence-corrected chi connectivity index (χ0v) is 11.9. The molecule has 16 heavy (non-hydrogen) atoms. The third-order valence-electron chi connectivity index (χ3n) is 3.52. The quantitative estimate of drug-likeness (QED) is 0.699. The Labute approximate surface area is 104 Å². The van der Waals surface area contributed by atoms with E-state index in [-0.39, 0.29) is 0 Å². The molecule has 1 aliphatic carbocycles. The predicted molar refractivity (Wildman–Crippen MR) is 73.0 cm³/mol. The lowest BCUT2D eigenvalue weighted by Gasteiger charge is -2.29. The number of nitrogens with zero attached hydrogens (tertiary/aromatic N) is 1. The van der Waals surface area contributed by atoms with Crippen molar-refractivity contribution in [3.8, 4) is 0 Å². The lowest BCUT2D eigenvalue weighted by molar-refractivity contribution is 0.258. The molecule has 0 amide bonds. The molecule has 1 aliphatic rings. The summed E-state index contributed by atoms with van der Waals surface area (Å²) in [4.78, 5) is 4.43. The van der Waals surface area contributed by atoms with E-state index in [0.29, 0.717) is 0 Å². The van der Waals surface area contributed by atoms with Crippen molar-refractivity contribution < 1.29 is 0 Å². The molecule has 1 heterocycles. The van der Waals surface area contributed by atoms with E-state index in [0.717, 1.165) is 17.8 Å². The fraction of sp³-hybridized carbons (Fsp3) is 0.786. The van der Waals surface area contributed by atoms with E-state index in [1.54, 1.807) is 0 Å². The van der Waals surface area contributed by atoms with Crippen molar-refractivity contribution in [2.45, 2.75) is 59.3 Å². The summed E-state index contributed by atoms with van der Waals surface area (Å²) in [7, 11) is 0. The molecule has 92 valence electrons. The Morgan fingerprint density at radius 2 is 1.81 bits per heavy atom. The highest BCUT2D eigenvalue weighted by atomic mass is 32.1. The molecule has 1 fully saturated rings. The van der Waals surface area contributed by atoms with Crippen LogP contribution in [0.5, 0.6) is 0 Å². The molecular formula is C14H25NS. The van der Waals surface area contributed by atoms with Crippen LogP contribution in [0.1, 0.15) is 64.3 Å². The smallest absolute Gasteiger partial charge is 0.0955 e. The molecule has 0 unspecified atom stereocenters. The normalized spacial score (nSPS) is 25.1. The van der Waals surface area contributed by atoms with Crippen LogP contribution in [0.4, 0.5) is 0 Å². The molecule has 1 saturated carbocycles. The molecule has 0 saturated heterocycles. The van der Waals surface area contributed by atoms with Gasteiger partial charge in [-0.25, -0.2) is 4.98 Å². The van der Waals surface area contributed by atoms with Crippen molar-refractivity contribution in [2.75, 3.05) is 0 Å². The number of thiazole rings is 1. The summed E-state index contributed by atoms with van der Waals surface area (Å²) in [6.07, 6.45) is 7.46. The minimum atomic E-state index is 0.769. The fourth-order valence-corrected chi connectivity index (χ4v) is 3.28. The molecule has 2 rings (SSSR count). The highest BCUT2D eigenvalue weighted by molar-refractivity contribution is 7.09. The Morgan fingerprint density at radius 1 is 1.19 bits per heavy atom. The van der Waals surface area contributed by atoms with Gasteiger partial charge >= 0.3 is 0 Å². The first kappa shape index (κ1) is 13.7. The summed E-state index contributed by atoms with van der Waals surface area (Å²) >= 11 is 1.83. The van der Waals surface area contributed by atoms with Crippen molar-refractivity contribution in [3.05, 3.63) is 16.6 Å². The highest BCUT2D eigenvalue weighted by Crippen LogP contribution is 2.38. The Balaban J connectivity index is 0.000000606. The number of aromatic nitrogens is 1. The van der Waals surface area contributed by atoms with Gasteiger partial charge in [-0.1, -0.05) is 27.7 Å². The largest absolute Gasteiger partial charge is 0.249 e. The minimum Gasteiger partial charge on any atom is -0.249 e. The van der Waals surface area contributed by atoms with E-state index >= 15 is 0 Å². The molecule has 0 bridgehead atoms. The maximum Gasteiger partial charge on any atom is 0.0955 e. The van der Waals surface area contributed by atoms with Crippen LogP contribution >= 0.6 is 11.3 Å². The Hall–Kier alpha value is -0.370. The molecular weight excluding hydrogens is 214 g/mol. The van der Waals surface area contributed by atoms with E-state index in [2.05, 4.69) is 24.2 Å². The van der Waals surface area contributed by atoms with Gasteiger partial charge in [0, 0.05) is 17.5 Å². The Bertz CT molecular complexity index is 258. The van der Waals surface area contributed by atoms with Gasteiger partial charge < -0.3 is 0 Å². The van der Waals surface area contributed by atoms with E-state index < -0.39 is 0 Å². The maximum absolute atomic E-state index is 4.43. The molecule has 2 heteroatoms. The maximum atomic E-state index is 4.43. The van der Waals surface area contributed by atoms with Crippen molar-refractivity contribution in [1.82, 2.24) is 4.98 Å². The summed E-state index contributed by atoms with van der Waals surface area (Å²) in [6, 6.07) is 0. The van der Waals surface area contributed by atoms with Gasteiger partial charge in [-0.3, -0.25) is 0 Å². The van der Waals surface area contributed by atoms with Gasteiger partial charge in [-0.05, 0) is 37.5 Å². The lowest BCUT2D eigenvalue weighted by atomic mass is 9.77. The minimum absolute atomic E-state index is 0.769. The lowest BCUT2D eigenvalue weighted by Crippen LogP contribution is -2.17. The first-order valence-corrected chi connectivity index (χ1v) is 7.54. The summed E-state index contributed by atoms with van der Waals surface area (Å²) in [5, 5.41) is 3.47. The van der Waals surface area contributed by atoms with Crippen molar-refractivity contribution in [3.63, 3.8) is 0 Å². The van der Waals surface area contributed by atoms with E-state index in [1.807, 2.05) is 31.4 Å². The van der Waals surface area contributed by atoms with E-state index in [1.165, 1.54) is 30.7 Å². The Morgan fingerprint density at radius 3 is 2.25 bits per heavy atom. The molecule has 0 spiro atoms. The van der Waals surface area contributed by atoms with Crippen LogP contribution in [0.25, 0.3) is 0 Å². The van der Waals surface area contributed by atoms with Crippen LogP contribution in [0, 0.1) is 11.8 Å².